The molecule has 0 aliphatic carbocycles. The summed E-state index contributed by atoms with van der Waals surface area (Å²) in [5.41, 5.74) is 3.08. The molecule has 6 heteroatoms. The Labute approximate surface area is 163 Å². The molecule has 0 radical (unpaired) electrons. The predicted octanol–water partition coefficient (Wildman–Crippen LogP) is 4.30. The number of rotatable bonds is 8. The van der Waals surface area contributed by atoms with E-state index in [1.165, 1.54) is 30.0 Å². The molecule has 4 nitrogen and oxygen atoms in total. The van der Waals surface area contributed by atoms with Crippen LogP contribution in [0, 0.1) is 6.92 Å². The molecule has 0 saturated carbocycles. The number of hydrogen-bond donors (Lipinski definition) is 1. The third-order valence-corrected chi connectivity index (χ3v) is 5.15. The molecule has 0 aliphatic rings. The molecule has 0 aromatic heterocycles. The fourth-order valence-electron chi connectivity index (χ4n) is 2.55. The minimum Gasteiger partial charge on any atom is -0.469 e. The van der Waals surface area contributed by atoms with Gasteiger partial charge in [-0.15, -0.1) is 11.8 Å². The standard InChI is InChI=1S/C20H22ClNO3S/c1-14-6-5-7-15(10-14)12-26-13-19(23)22-18(11-20(24)25-2)16-8-3-4-9-17(16)21/h3-10,18H,11-13H2,1-2H3,(H,22,23). The first-order valence-corrected chi connectivity index (χ1v) is 9.76. The summed E-state index contributed by atoms with van der Waals surface area (Å²) < 4.78 is 4.74. The van der Waals surface area contributed by atoms with Crippen LogP contribution in [0.5, 0.6) is 0 Å². The second-order valence-corrected chi connectivity index (χ2v) is 7.30. The average Bonchev–Trinajstić information content (AvgIpc) is 2.61. The van der Waals surface area contributed by atoms with Crippen LogP contribution in [0.25, 0.3) is 0 Å². The maximum atomic E-state index is 12.3. The Morgan fingerprint density at radius 3 is 2.65 bits per heavy atom. The first-order valence-electron chi connectivity index (χ1n) is 8.23. The van der Waals surface area contributed by atoms with Gasteiger partial charge in [-0.25, -0.2) is 0 Å². The second kappa shape index (κ2) is 10.2. The molecule has 0 heterocycles. The predicted molar refractivity (Wildman–Crippen MR) is 106 cm³/mol. The quantitative estimate of drug-likeness (QED) is 0.681. The van der Waals surface area contributed by atoms with Crippen LogP contribution in [0.15, 0.2) is 48.5 Å². The summed E-state index contributed by atoms with van der Waals surface area (Å²) >= 11 is 7.75. The Morgan fingerprint density at radius 2 is 1.96 bits per heavy atom. The number of benzene rings is 2. The highest BCUT2D eigenvalue weighted by atomic mass is 35.5. The Hall–Kier alpha value is -1.98. The summed E-state index contributed by atoms with van der Waals surface area (Å²) in [7, 11) is 1.32. The van der Waals surface area contributed by atoms with E-state index in [1.54, 1.807) is 18.2 Å². The van der Waals surface area contributed by atoms with E-state index in [1.807, 2.05) is 31.2 Å². The average molecular weight is 392 g/mol. The van der Waals surface area contributed by atoms with Crippen molar-refractivity contribution in [3.63, 3.8) is 0 Å². The van der Waals surface area contributed by atoms with Gasteiger partial charge in [0.2, 0.25) is 5.91 Å². The highest BCUT2D eigenvalue weighted by Crippen LogP contribution is 2.25. The van der Waals surface area contributed by atoms with Gasteiger partial charge in [-0.05, 0) is 24.1 Å². The Kier molecular flexibility index (Phi) is 8.01. The zero-order chi connectivity index (χ0) is 18.9. The normalized spacial score (nSPS) is 11.7. The van der Waals surface area contributed by atoms with Gasteiger partial charge in [0.25, 0.3) is 0 Å². The van der Waals surface area contributed by atoms with Gasteiger partial charge in [0.05, 0.1) is 25.3 Å². The van der Waals surface area contributed by atoms with Gasteiger partial charge in [0.15, 0.2) is 0 Å². The summed E-state index contributed by atoms with van der Waals surface area (Å²) in [5, 5.41) is 3.40. The van der Waals surface area contributed by atoms with E-state index in [4.69, 9.17) is 16.3 Å². The molecule has 0 saturated heterocycles. The lowest BCUT2D eigenvalue weighted by atomic mass is 10.0. The smallest absolute Gasteiger partial charge is 0.307 e. The largest absolute Gasteiger partial charge is 0.469 e. The van der Waals surface area contributed by atoms with E-state index in [9.17, 15) is 9.59 Å². The van der Waals surface area contributed by atoms with Crippen molar-refractivity contribution in [3.8, 4) is 0 Å². The SMILES string of the molecule is COC(=O)CC(NC(=O)CSCc1cccc(C)c1)c1ccccc1Cl. The molecular formula is C20H22ClNO3S. The molecule has 2 aromatic rings. The number of ether oxygens (including phenoxy) is 1. The minimum atomic E-state index is -0.511. The summed E-state index contributed by atoms with van der Waals surface area (Å²) in [6.07, 6.45) is 0.0362. The Morgan fingerprint density at radius 1 is 1.19 bits per heavy atom. The summed E-state index contributed by atoms with van der Waals surface area (Å²) in [4.78, 5) is 24.0. The van der Waals surface area contributed by atoms with Crippen molar-refractivity contribution in [3.05, 3.63) is 70.2 Å². The molecule has 1 unspecified atom stereocenters. The highest BCUT2D eigenvalue weighted by Gasteiger charge is 2.21. The summed E-state index contributed by atoms with van der Waals surface area (Å²) in [5.74, 6) is 0.512. The van der Waals surface area contributed by atoms with Crippen LogP contribution in [0.3, 0.4) is 0 Å². The molecule has 1 amide bonds. The monoisotopic (exact) mass is 391 g/mol. The molecule has 0 fully saturated rings. The molecule has 1 N–H and O–H groups in total. The lowest BCUT2D eigenvalue weighted by Gasteiger charge is -2.19. The van der Waals surface area contributed by atoms with Crippen molar-refractivity contribution < 1.29 is 14.3 Å². The van der Waals surface area contributed by atoms with Gasteiger partial charge in [-0.3, -0.25) is 9.59 Å². The molecular weight excluding hydrogens is 370 g/mol. The van der Waals surface area contributed by atoms with Crippen molar-refractivity contribution in [1.82, 2.24) is 5.32 Å². The van der Waals surface area contributed by atoms with Crippen LogP contribution < -0.4 is 5.32 Å². The number of halogens is 1. The van der Waals surface area contributed by atoms with Gasteiger partial charge in [-0.2, -0.15) is 0 Å². The molecule has 26 heavy (non-hydrogen) atoms. The molecule has 0 aliphatic heterocycles. The van der Waals surface area contributed by atoms with Crippen LogP contribution in [-0.4, -0.2) is 24.7 Å². The molecule has 1 atom stereocenters. The van der Waals surface area contributed by atoms with E-state index in [2.05, 4.69) is 11.4 Å². The first-order chi connectivity index (χ1) is 12.5. The fraction of sp³-hybridized carbons (Fsp3) is 0.300. The Bertz CT molecular complexity index is 766. The van der Waals surface area contributed by atoms with Crippen molar-refractivity contribution >= 4 is 35.2 Å². The number of aryl methyl sites for hydroxylation is 1. The van der Waals surface area contributed by atoms with Crippen LogP contribution in [0.4, 0.5) is 0 Å². The van der Waals surface area contributed by atoms with Gasteiger partial charge in [0, 0.05) is 10.8 Å². The number of hydrogen-bond acceptors (Lipinski definition) is 4. The number of nitrogens with one attached hydrogen (secondary N) is 1. The number of carbonyl (C=O) groups is 2. The van der Waals surface area contributed by atoms with Crippen molar-refractivity contribution in [2.24, 2.45) is 0 Å². The fourth-order valence-corrected chi connectivity index (χ4v) is 3.60. The second-order valence-electron chi connectivity index (χ2n) is 5.90. The zero-order valence-corrected chi connectivity index (χ0v) is 16.4. The number of amides is 1. The minimum absolute atomic E-state index is 0.0362. The van der Waals surface area contributed by atoms with Crippen LogP contribution in [0.1, 0.15) is 29.2 Å². The lowest BCUT2D eigenvalue weighted by molar-refractivity contribution is -0.141. The van der Waals surface area contributed by atoms with Gasteiger partial charge in [0.1, 0.15) is 0 Å². The van der Waals surface area contributed by atoms with Gasteiger partial charge < -0.3 is 10.1 Å². The van der Waals surface area contributed by atoms with Crippen LogP contribution >= 0.6 is 23.4 Å². The van der Waals surface area contributed by atoms with E-state index >= 15 is 0 Å². The third kappa shape index (κ3) is 6.39. The number of methoxy groups -OCH3 is 1. The van der Waals surface area contributed by atoms with E-state index < -0.39 is 12.0 Å². The molecule has 2 aromatic carbocycles. The number of esters is 1. The maximum absolute atomic E-state index is 12.3. The third-order valence-electron chi connectivity index (χ3n) is 3.80. The molecule has 2 rings (SSSR count). The van der Waals surface area contributed by atoms with Crippen LogP contribution in [-0.2, 0) is 20.1 Å². The number of carbonyl (C=O) groups excluding carboxylic acids is 2. The van der Waals surface area contributed by atoms with Crippen molar-refractivity contribution in [2.75, 3.05) is 12.9 Å². The summed E-state index contributed by atoms with van der Waals surface area (Å²) in [6, 6.07) is 14.9. The summed E-state index contributed by atoms with van der Waals surface area (Å²) in [6.45, 7) is 2.04. The van der Waals surface area contributed by atoms with Crippen LogP contribution in [0.2, 0.25) is 5.02 Å². The molecule has 0 bridgehead atoms. The van der Waals surface area contributed by atoms with Gasteiger partial charge in [-0.1, -0.05) is 59.6 Å². The maximum Gasteiger partial charge on any atom is 0.307 e. The zero-order valence-electron chi connectivity index (χ0n) is 14.8. The Balaban J connectivity index is 1.95. The molecule has 138 valence electrons. The lowest BCUT2D eigenvalue weighted by Crippen LogP contribution is -2.32. The highest BCUT2D eigenvalue weighted by molar-refractivity contribution is 7.99. The van der Waals surface area contributed by atoms with E-state index in [-0.39, 0.29) is 12.3 Å². The van der Waals surface area contributed by atoms with Crippen molar-refractivity contribution in [2.45, 2.75) is 25.1 Å². The first kappa shape index (κ1) is 20.3. The van der Waals surface area contributed by atoms with Gasteiger partial charge >= 0.3 is 5.97 Å². The topological polar surface area (TPSA) is 55.4 Å². The van der Waals surface area contributed by atoms with E-state index in [0.29, 0.717) is 16.3 Å². The van der Waals surface area contributed by atoms with E-state index in [0.717, 1.165) is 5.75 Å². The molecule has 0 spiro atoms. The number of thioether (sulfide) groups is 1. The van der Waals surface area contributed by atoms with Crippen molar-refractivity contribution in [1.29, 1.82) is 0 Å².